The quantitative estimate of drug-likeness (QED) is 0.147. The highest BCUT2D eigenvalue weighted by Gasteiger charge is 2.56. The number of cyclic esters (lactones) is 1. The molecule has 0 aromatic heterocycles. The Morgan fingerprint density at radius 1 is 0.877 bits per heavy atom. The molecule has 2 bridgehead atoms. The molecule has 1 saturated carbocycles. The zero-order valence-corrected chi connectivity index (χ0v) is 39.7. The van der Waals surface area contributed by atoms with E-state index in [0.29, 0.717) is 62.7 Å². The summed E-state index contributed by atoms with van der Waals surface area (Å²) in [4.78, 5) is 58.4. The number of methoxy groups -OCH3 is 2. The van der Waals surface area contributed by atoms with Crippen LogP contribution in [0.3, 0.4) is 0 Å². The highest BCUT2D eigenvalue weighted by Crippen LogP contribution is 2.40. The Morgan fingerprint density at radius 2 is 1.58 bits per heavy atom. The van der Waals surface area contributed by atoms with Crippen LogP contribution >= 0.6 is 0 Å². The number of aliphatic hydroxyl groups is 3. The highest BCUT2D eigenvalue weighted by atomic mass is 16.7. The first-order chi connectivity index (χ1) is 31.0. The Labute approximate surface area is 384 Å². The van der Waals surface area contributed by atoms with E-state index in [2.05, 4.69) is 6.92 Å². The van der Waals surface area contributed by atoms with E-state index in [9.17, 15) is 34.5 Å². The lowest BCUT2D eigenvalue weighted by Crippen LogP contribution is -2.64. The van der Waals surface area contributed by atoms with Gasteiger partial charge in [0, 0.05) is 50.3 Å². The maximum Gasteiger partial charge on any atom is 0.329 e. The number of esters is 1. The van der Waals surface area contributed by atoms with Gasteiger partial charge in [-0.3, -0.25) is 14.4 Å². The summed E-state index contributed by atoms with van der Waals surface area (Å²) in [7, 11) is 3.07. The van der Waals surface area contributed by atoms with Crippen molar-refractivity contribution in [2.75, 3.05) is 20.8 Å². The van der Waals surface area contributed by atoms with E-state index < -0.39 is 90.0 Å². The van der Waals surface area contributed by atoms with Gasteiger partial charge in [-0.25, -0.2) is 4.79 Å². The van der Waals surface area contributed by atoms with Crippen LogP contribution in [-0.4, -0.2) is 119 Å². The van der Waals surface area contributed by atoms with E-state index in [0.717, 1.165) is 16.3 Å². The fourth-order valence-corrected chi connectivity index (χ4v) is 10.7. The number of hydrogen-bond acceptors (Lipinski definition) is 12. The third kappa shape index (κ3) is 11.6. The number of carbonyl (C=O) groups excluding carboxylic acids is 4. The predicted molar refractivity (Wildman–Crippen MR) is 246 cm³/mol. The van der Waals surface area contributed by atoms with Crippen LogP contribution in [0, 0.1) is 29.6 Å². The number of benzene rings is 2. The third-order valence-electron chi connectivity index (χ3n) is 14.6. The van der Waals surface area contributed by atoms with E-state index in [4.69, 9.17) is 23.7 Å². The smallest absolute Gasteiger partial charge is 0.329 e. The van der Waals surface area contributed by atoms with Gasteiger partial charge in [0.15, 0.2) is 0 Å². The van der Waals surface area contributed by atoms with Crippen molar-refractivity contribution in [3.63, 3.8) is 0 Å². The molecule has 14 unspecified atom stereocenters. The molecule has 3 fully saturated rings. The second kappa shape index (κ2) is 22.2. The first-order valence-electron chi connectivity index (χ1n) is 23.9. The summed E-state index contributed by atoms with van der Waals surface area (Å²) >= 11 is 0. The maximum absolute atomic E-state index is 14.5. The van der Waals surface area contributed by atoms with Gasteiger partial charge in [-0.15, -0.1) is 0 Å². The molecule has 0 spiro atoms. The minimum Gasteiger partial charge on any atom is -0.487 e. The Morgan fingerprint density at radius 3 is 2.31 bits per heavy atom. The molecule has 1 amide bonds. The molecule has 2 aromatic rings. The van der Waals surface area contributed by atoms with Crippen LogP contribution in [0.2, 0.25) is 0 Å². The number of ketones is 2. The summed E-state index contributed by atoms with van der Waals surface area (Å²) in [6.45, 7) is 11.3. The minimum absolute atomic E-state index is 0.0229. The Balaban J connectivity index is 1.33. The molecule has 13 nitrogen and oxygen atoms in total. The number of hydrogen-bond donors (Lipinski definition) is 3. The zero-order valence-electron chi connectivity index (χ0n) is 39.7. The number of ether oxygens (including phenoxy) is 5. The van der Waals surface area contributed by atoms with Crippen LogP contribution in [0.4, 0.5) is 0 Å². The van der Waals surface area contributed by atoms with Crippen molar-refractivity contribution >= 4 is 34.2 Å². The highest BCUT2D eigenvalue weighted by molar-refractivity contribution is 6.39. The lowest BCUT2D eigenvalue weighted by atomic mass is 9.81. The molecule has 2 saturated heterocycles. The topological polar surface area (TPSA) is 178 Å². The normalized spacial score (nSPS) is 36.6. The van der Waals surface area contributed by atoms with Crippen LogP contribution < -0.4 is 4.74 Å². The molecule has 1 aliphatic carbocycles. The van der Waals surface area contributed by atoms with E-state index in [-0.39, 0.29) is 43.4 Å². The summed E-state index contributed by atoms with van der Waals surface area (Å²) < 4.78 is 30.9. The standard InChI is InChI=1S/C52H73NO12/c1-9-36-24-30(2)23-31(3)25-45(61-7)48-46(62-8)27-33(5)52(60,65-48)49(57)50(58)53-22-13-12-18-39(53)51(59)64-47(34(6)41(55)29-42(36)56)32(4)26-35-20-21-40(54)44(28-35)63-43-19-14-16-37-15-10-11-17-38(37)43/h10-11,14-17,19,24,26,31,33-36,39-41,44-48,54-55,60H,9,12-13,18,20-23,25,27-29H2,1-8H3. The van der Waals surface area contributed by atoms with Gasteiger partial charge in [-0.05, 0) is 107 Å². The monoisotopic (exact) mass is 904 g/mol. The molecular weight excluding hydrogens is 831 g/mol. The number of aliphatic hydroxyl groups excluding tert-OH is 2. The van der Waals surface area contributed by atoms with Crippen molar-refractivity contribution in [3.8, 4) is 5.75 Å². The minimum atomic E-state index is -2.52. The molecule has 3 aliphatic heterocycles. The van der Waals surface area contributed by atoms with Crippen LogP contribution in [0.5, 0.6) is 5.75 Å². The van der Waals surface area contributed by atoms with E-state index in [1.54, 1.807) is 13.8 Å². The third-order valence-corrected chi connectivity index (χ3v) is 14.6. The Bertz CT molecular complexity index is 2040. The second-order valence-electron chi connectivity index (χ2n) is 19.5. The van der Waals surface area contributed by atoms with Crippen molar-refractivity contribution in [2.24, 2.45) is 29.6 Å². The molecule has 3 heterocycles. The lowest BCUT2D eigenvalue weighted by Gasteiger charge is -2.47. The van der Waals surface area contributed by atoms with Crippen molar-refractivity contribution in [2.45, 2.75) is 167 Å². The summed E-state index contributed by atoms with van der Waals surface area (Å²) in [5, 5.41) is 37.1. The number of piperidine rings is 1. The van der Waals surface area contributed by atoms with E-state index in [1.165, 1.54) is 19.1 Å². The fourth-order valence-electron chi connectivity index (χ4n) is 10.7. The summed E-state index contributed by atoms with van der Waals surface area (Å²) in [6, 6.07) is 12.6. The molecule has 13 heteroatoms. The SMILES string of the molecule is CCC1C=C(C)CC(C)CC(OC)C2OC(O)(C(=O)C(=O)N3CCCCC3C(=O)OC(C(C)=CC3CCC(O)C(Oc4cccc5ccccc45)C3)C(C)C(O)CC1=O)C(C)CC2OC. The molecule has 65 heavy (non-hydrogen) atoms. The number of allylic oxidation sites excluding steroid dienone is 3. The van der Waals surface area contributed by atoms with Gasteiger partial charge in [-0.1, -0.05) is 81.8 Å². The van der Waals surface area contributed by atoms with Crippen LogP contribution in [-0.2, 0) is 38.1 Å². The van der Waals surface area contributed by atoms with Crippen LogP contribution in [0.25, 0.3) is 10.8 Å². The number of rotatable bonds is 7. The molecule has 2 aromatic carbocycles. The van der Waals surface area contributed by atoms with Gasteiger partial charge in [0.1, 0.15) is 35.9 Å². The number of Topliss-reactive ketones (excluding diaryl/α,β-unsaturated/α-hetero) is 2. The average molecular weight is 904 g/mol. The summed E-state index contributed by atoms with van der Waals surface area (Å²) in [5.41, 5.74) is 1.63. The molecule has 6 rings (SSSR count). The molecular formula is C52H73NO12. The van der Waals surface area contributed by atoms with Crippen molar-refractivity contribution in [1.82, 2.24) is 4.90 Å². The lowest BCUT2D eigenvalue weighted by molar-refractivity contribution is -0.302. The largest absolute Gasteiger partial charge is 0.487 e. The second-order valence-corrected chi connectivity index (χ2v) is 19.5. The first kappa shape index (κ1) is 50.4. The molecule has 4 aliphatic rings. The van der Waals surface area contributed by atoms with E-state index in [1.807, 2.05) is 75.4 Å². The number of amides is 1. The van der Waals surface area contributed by atoms with Gasteiger partial charge in [0.05, 0.1) is 24.4 Å². The average Bonchev–Trinajstić information content (AvgIpc) is 3.29. The fraction of sp³-hybridized carbons (Fsp3) is 0.654. The van der Waals surface area contributed by atoms with Crippen molar-refractivity contribution < 1.29 is 58.2 Å². The van der Waals surface area contributed by atoms with Gasteiger partial charge >= 0.3 is 5.97 Å². The number of fused-ring (bicyclic) bond motifs is 4. The number of nitrogens with zero attached hydrogens (tertiary/aromatic N) is 1. The van der Waals surface area contributed by atoms with Crippen LogP contribution in [0.1, 0.15) is 112 Å². The maximum atomic E-state index is 14.5. The molecule has 0 radical (unpaired) electrons. The first-order valence-corrected chi connectivity index (χ1v) is 23.9. The summed E-state index contributed by atoms with van der Waals surface area (Å²) in [5.74, 6) is -7.04. The molecule has 358 valence electrons. The van der Waals surface area contributed by atoms with E-state index >= 15 is 0 Å². The van der Waals surface area contributed by atoms with Crippen molar-refractivity contribution in [1.29, 1.82) is 0 Å². The number of carbonyl (C=O) groups is 4. The zero-order chi connectivity index (χ0) is 47.2. The van der Waals surface area contributed by atoms with Gasteiger partial charge < -0.3 is 43.9 Å². The van der Waals surface area contributed by atoms with Crippen LogP contribution in [0.15, 0.2) is 65.8 Å². The van der Waals surface area contributed by atoms with Gasteiger partial charge in [0.2, 0.25) is 5.79 Å². The van der Waals surface area contributed by atoms with Gasteiger partial charge in [0.25, 0.3) is 11.7 Å². The Kier molecular flexibility index (Phi) is 17.2. The predicted octanol–water partition coefficient (Wildman–Crippen LogP) is 7.06. The molecule has 14 atom stereocenters. The molecule has 3 N–H and O–H groups in total. The van der Waals surface area contributed by atoms with Crippen molar-refractivity contribution in [3.05, 3.63) is 65.8 Å². The van der Waals surface area contributed by atoms with Gasteiger partial charge in [-0.2, -0.15) is 0 Å². The Hall–Kier alpha value is -3.98. The summed E-state index contributed by atoms with van der Waals surface area (Å²) in [6.07, 6.45) is 3.07.